The van der Waals surface area contributed by atoms with Crippen molar-refractivity contribution in [2.75, 3.05) is 0 Å². The summed E-state index contributed by atoms with van der Waals surface area (Å²) in [7, 11) is 0. The lowest BCUT2D eigenvalue weighted by Gasteiger charge is -2.12. The van der Waals surface area contributed by atoms with E-state index in [4.69, 9.17) is 0 Å². The molecule has 0 bridgehead atoms. The smallest absolute Gasteiger partial charge is 0.140 e. The van der Waals surface area contributed by atoms with Crippen LogP contribution in [0.1, 0.15) is 64.5 Å². The van der Waals surface area contributed by atoms with Gasteiger partial charge in [0.15, 0.2) is 0 Å². The summed E-state index contributed by atoms with van der Waals surface area (Å²) < 4.78 is 26.2. The molecule has 2 saturated carbocycles. The summed E-state index contributed by atoms with van der Waals surface area (Å²) in [6.07, 6.45) is 3.32. The van der Waals surface area contributed by atoms with E-state index in [2.05, 4.69) is 12.1 Å². The third kappa shape index (κ3) is 4.37. The van der Waals surface area contributed by atoms with Crippen molar-refractivity contribution < 1.29 is 18.4 Å². The summed E-state index contributed by atoms with van der Waals surface area (Å²) in [5.74, 6) is -0.747. The molecular formula is C24H28F2O2. The van der Waals surface area contributed by atoms with Gasteiger partial charge in [0.25, 0.3) is 0 Å². The van der Waals surface area contributed by atoms with Gasteiger partial charge in [-0.15, -0.1) is 0 Å². The fourth-order valence-corrected chi connectivity index (χ4v) is 3.53. The van der Waals surface area contributed by atoms with E-state index in [9.17, 15) is 18.4 Å². The van der Waals surface area contributed by atoms with Crippen LogP contribution in [0.2, 0.25) is 0 Å². The average molecular weight is 386 g/mol. The van der Waals surface area contributed by atoms with Crippen LogP contribution in [0, 0.1) is 11.6 Å². The van der Waals surface area contributed by atoms with Crippen molar-refractivity contribution in [1.82, 2.24) is 0 Å². The van der Waals surface area contributed by atoms with E-state index in [1.165, 1.54) is 12.5 Å². The van der Waals surface area contributed by atoms with E-state index in [0.717, 1.165) is 31.0 Å². The molecule has 2 fully saturated rings. The molecule has 2 aliphatic carbocycles. The van der Waals surface area contributed by atoms with Crippen molar-refractivity contribution in [2.24, 2.45) is 0 Å². The Kier molecular flexibility index (Phi) is 6.87. The summed E-state index contributed by atoms with van der Waals surface area (Å²) in [5, 5.41) is 0. The molecule has 2 aliphatic rings. The SMILES string of the molecule is CC.CC(=O)C1(c2cc(F)ccc2F)CC1.CC(=O)C1(c2ccccc2)CC1. The Morgan fingerprint density at radius 2 is 1.29 bits per heavy atom. The van der Waals surface area contributed by atoms with Crippen LogP contribution in [-0.2, 0) is 20.4 Å². The van der Waals surface area contributed by atoms with Crippen LogP contribution in [-0.4, -0.2) is 11.6 Å². The number of rotatable bonds is 4. The van der Waals surface area contributed by atoms with Gasteiger partial charge in [0.2, 0.25) is 0 Å². The highest BCUT2D eigenvalue weighted by Crippen LogP contribution is 2.50. The van der Waals surface area contributed by atoms with Crippen LogP contribution in [0.4, 0.5) is 8.78 Å². The van der Waals surface area contributed by atoms with E-state index < -0.39 is 17.0 Å². The lowest BCUT2D eigenvalue weighted by Crippen LogP contribution is -2.18. The van der Waals surface area contributed by atoms with Crippen LogP contribution in [0.15, 0.2) is 48.5 Å². The topological polar surface area (TPSA) is 34.1 Å². The second kappa shape index (κ2) is 8.76. The van der Waals surface area contributed by atoms with Crippen LogP contribution in [0.5, 0.6) is 0 Å². The first-order valence-electron chi connectivity index (χ1n) is 9.85. The molecule has 0 saturated heterocycles. The summed E-state index contributed by atoms with van der Waals surface area (Å²) in [6.45, 7) is 7.12. The molecule has 4 rings (SSSR count). The van der Waals surface area contributed by atoms with Gasteiger partial charge in [-0.1, -0.05) is 44.2 Å². The number of carbonyl (C=O) groups excluding carboxylic acids is 2. The highest BCUT2D eigenvalue weighted by molar-refractivity contribution is 5.91. The Labute approximate surface area is 166 Å². The quantitative estimate of drug-likeness (QED) is 0.654. The molecule has 0 heterocycles. The second-order valence-corrected chi connectivity index (χ2v) is 7.27. The summed E-state index contributed by atoms with van der Waals surface area (Å²) in [4.78, 5) is 22.6. The highest BCUT2D eigenvalue weighted by atomic mass is 19.1. The zero-order chi connectivity index (χ0) is 20.9. The molecule has 0 N–H and O–H groups in total. The number of hydrogen-bond acceptors (Lipinski definition) is 2. The van der Waals surface area contributed by atoms with Gasteiger partial charge in [-0.25, -0.2) is 8.78 Å². The fourth-order valence-electron chi connectivity index (χ4n) is 3.53. The van der Waals surface area contributed by atoms with E-state index >= 15 is 0 Å². The molecule has 2 aromatic rings. The van der Waals surface area contributed by atoms with Gasteiger partial charge in [0, 0.05) is 5.56 Å². The Hall–Kier alpha value is -2.36. The zero-order valence-electron chi connectivity index (χ0n) is 17.0. The lowest BCUT2D eigenvalue weighted by atomic mass is 9.91. The minimum Gasteiger partial charge on any atom is -0.299 e. The Balaban J connectivity index is 0.000000186. The number of halogens is 2. The maximum Gasteiger partial charge on any atom is 0.140 e. The van der Waals surface area contributed by atoms with E-state index in [0.29, 0.717) is 18.6 Å². The van der Waals surface area contributed by atoms with Gasteiger partial charge < -0.3 is 0 Å². The first kappa shape index (κ1) is 21.9. The third-order valence-corrected chi connectivity index (χ3v) is 5.62. The third-order valence-electron chi connectivity index (χ3n) is 5.62. The number of carbonyl (C=O) groups is 2. The Morgan fingerprint density at radius 3 is 1.71 bits per heavy atom. The zero-order valence-corrected chi connectivity index (χ0v) is 17.0. The van der Waals surface area contributed by atoms with Crippen molar-refractivity contribution in [3.8, 4) is 0 Å². The maximum atomic E-state index is 13.3. The predicted octanol–water partition coefficient (Wildman–Crippen LogP) is 5.92. The Morgan fingerprint density at radius 1 is 0.786 bits per heavy atom. The molecule has 0 atom stereocenters. The molecule has 28 heavy (non-hydrogen) atoms. The number of ketones is 2. The molecule has 150 valence electrons. The number of Topliss-reactive ketones (excluding diaryl/α,β-unsaturated/α-hetero) is 2. The van der Waals surface area contributed by atoms with Crippen molar-refractivity contribution >= 4 is 11.6 Å². The van der Waals surface area contributed by atoms with Crippen LogP contribution in [0.3, 0.4) is 0 Å². The number of hydrogen-bond donors (Lipinski definition) is 0. The van der Waals surface area contributed by atoms with Crippen molar-refractivity contribution in [1.29, 1.82) is 0 Å². The molecular weight excluding hydrogens is 358 g/mol. The first-order chi connectivity index (χ1) is 13.3. The minimum absolute atomic E-state index is 0.0815. The molecule has 0 unspecified atom stereocenters. The van der Waals surface area contributed by atoms with Crippen molar-refractivity contribution in [2.45, 2.75) is 64.2 Å². The predicted molar refractivity (Wildman–Crippen MR) is 107 cm³/mol. The van der Waals surface area contributed by atoms with Crippen molar-refractivity contribution in [3.05, 3.63) is 71.3 Å². The molecule has 0 amide bonds. The van der Waals surface area contributed by atoms with E-state index in [-0.39, 0.29) is 16.8 Å². The molecule has 4 heteroatoms. The molecule has 2 aromatic carbocycles. The molecule has 0 radical (unpaired) electrons. The molecule has 0 spiro atoms. The monoisotopic (exact) mass is 386 g/mol. The Bertz CT molecular complexity index is 835. The largest absolute Gasteiger partial charge is 0.299 e. The van der Waals surface area contributed by atoms with Gasteiger partial charge in [0.1, 0.15) is 23.2 Å². The maximum absolute atomic E-state index is 13.3. The molecule has 2 nitrogen and oxygen atoms in total. The summed E-state index contributed by atoms with van der Waals surface area (Å²) in [6, 6.07) is 13.4. The standard InChI is InChI=1S/C11H10F2O.C11H12O.C2H6/c1-7(14)11(4-5-11)9-6-8(12)2-3-10(9)13;1-9(12)11(7-8-11)10-5-3-2-4-6-10;1-2/h2-3,6H,4-5H2,1H3;2-6H,7-8H2,1H3;1-2H3. The van der Waals surface area contributed by atoms with Gasteiger partial charge in [-0.3, -0.25) is 9.59 Å². The second-order valence-electron chi connectivity index (χ2n) is 7.27. The van der Waals surface area contributed by atoms with Crippen LogP contribution in [0.25, 0.3) is 0 Å². The van der Waals surface area contributed by atoms with Crippen LogP contribution < -0.4 is 0 Å². The van der Waals surface area contributed by atoms with Crippen molar-refractivity contribution in [3.63, 3.8) is 0 Å². The average Bonchev–Trinajstić information content (AvgIpc) is 3.60. The lowest BCUT2D eigenvalue weighted by molar-refractivity contribution is -0.120. The summed E-state index contributed by atoms with van der Waals surface area (Å²) in [5.41, 5.74) is 0.579. The molecule has 0 aromatic heterocycles. The van der Waals surface area contributed by atoms with Gasteiger partial charge in [-0.05, 0) is 63.3 Å². The highest BCUT2D eigenvalue weighted by Gasteiger charge is 2.50. The fraction of sp³-hybridized carbons (Fsp3) is 0.417. The van der Waals surface area contributed by atoms with Gasteiger partial charge in [-0.2, -0.15) is 0 Å². The van der Waals surface area contributed by atoms with E-state index in [1.807, 2.05) is 32.0 Å². The van der Waals surface area contributed by atoms with E-state index in [1.54, 1.807) is 6.92 Å². The normalized spacial score (nSPS) is 17.2. The first-order valence-corrected chi connectivity index (χ1v) is 9.85. The molecule has 0 aliphatic heterocycles. The van der Waals surface area contributed by atoms with Gasteiger partial charge >= 0.3 is 0 Å². The van der Waals surface area contributed by atoms with Gasteiger partial charge in [0.05, 0.1) is 10.8 Å². The number of benzene rings is 2. The minimum atomic E-state index is -0.730. The summed E-state index contributed by atoms with van der Waals surface area (Å²) >= 11 is 0. The van der Waals surface area contributed by atoms with Crippen LogP contribution >= 0.6 is 0 Å².